The van der Waals surface area contributed by atoms with Crippen molar-refractivity contribution in [3.8, 4) is 11.8 Å². The number of hydrogen-bond donors (Lipinski definition) is 0. The summed E-state index contributed by atoms with van der Waals surface area (Å²) in [6.45, 7) is 3.06. The zero-order valence-electron chi connectivity index (χ0n) is 15.6. The molecule has 1 aliphatic heterocycles. The van der Waals surface area contributed by atoms with E-state index in [4.69, 9.17) is 0 Å². The molecule has 1 aromatic heterocycles. The SMILES string of the molecule is O=C(c1cccc(C#Cc2ccccc2)c1)N1CCN(c2ccncc2)CC1. The van der Waals surface area contributed by atoms with Crippen LogP contribution in [0.2, 0.25) is 0 Å². The van der Waals surface area contributed by atoms with Crippen LogP contribution in [0.5, 0.6) is 0 Å². The van der Waals surface area contributed by atoms with E-state index in [0.29, 0.717) is 18.7 Å². The van der Waals surface area contributed by atoms with Crippen LogP contribution in [0.1, 0.15) is 21.5 Å². The number of nitrogens with zero attached hydrogens (tertiary/aromatic N) is 3. The fourth-order valence-electron chi connectivity index (χ4n) is 3.30. The molecule has 138 valence electrons. The van der Waals surface area contributed by atoms with Gasteiger partial charge in [-0.15, -0.1) is 0 Å². The van der Waals surface area contributed by atoms with Crippen LogP contribution in [0.4, 0.5) is 5.69 Å². The van der Waals surface area contributed by atoms with Gasteiger partial charge in [-0.1, -0.05) is 36.1 Å². The summed E-state index contributed by atoms with van der Waals surface area (Å²) in [5, 5.41) is 0. The maximum atomic E-state index is 12.9. The molecule has 4 heteroatoms. The molecule has 0 spiro atoms. The minimum atomic E-state index is 0.0674. The summed E-state index contributed by atoms with van der Waals surface area (Å²) < 4.78 is 0. The van der Waals surface area contributed by atoms with Gasteiger partial charge in [-0.3, -0.25) is 9.78 Å². The van der Waals surface area contributed by atoms with Crippen LogP contribution in [-0.2, 0) is 0 Å². The van der Waals surface area contributed by atoms with Gasteiger partial charge in [0.25, 0.3) is 5.91 Å². The zero-order valence-corrected chi connectivity index (χ0v) is 15.6. The third kappa shape index (κ3) is 4.21. The van der Waals surface area contributed by atoms with Gasteiger partial charge in [-0.05, 0) is 42.5 Å². The Labute approximate surface area is 165 Å². The highest BCUT2D eigenvalue weighted by Gasteiger charge is 2.22. The second-order valence-corrected chi connectivity index (χ2v) is 6.68. The molecular formula is C24H21N3O. The predicted molar refractivity (Wildman–Crippen MR) is 111 cm³/mol. The largest absolute Gasteiger partial charge is 0.368 e. The van der Waals surface area contributed by atoms with E-state index in [-0.39, 0.29) is 5.91 Å². The van der Waals surface area contributed by atoms with Gasteiger partial charge in [0.05, 0.1) is 0 Å². The van der Waals surface area contributed by atoms with E-state index in [2.05, 4.69) is 21.7 Å². The van der Waals surface area contributed by atoms with Crippen LogP contribution in [0.25, 0.3) is 0 Å². The first kappa shape index (κ1) is 17.8. The Morgan fingerprint density at radius 3 is 2.21 bits per heavy atom. The van der Waals surface area contributed by atoms with E-state index < -0.39 is 0 Å². The molecule has 0 bridgehead atoms. The Morgan fingerprint density at radius 2 is 1.46 bits per heavy atom. The van der Waals surface area contributed by atoms with Crippen molar-refractivity contribution in [3.05, 3.63) is 95.8 Å². The molecule has 2 aromatic carbocycles. The minimum Gasteiger partial charge on any atom is -0.368 e. The molecular weight excluding hydrogens is 346 g/mol. The zero-order chi connectivity index (χ0) is 19.2. The Hall–Kier alpha value is -3.58. The first-order valence-corrected chi connectivity index (χ1v) is 9.41. The third-order valence-electron chi connectivity index (χ3n) is 4.83. The highest BCUT2D eigenvalue weighted by atomic mass is 16.2. The first-order chi connectivity index (χ1) is 13.8. The van der Waals surface area contributed by atoms with Gasteiger partial charge in [-0.25, -0.2) is 0 Å². The van der Waals surface area contributed by atoms with Crippen LogP contribution < -0.4 is 4.90 Å². The molecule has 1 fully saturated rings. The summed E-state index contributed by atoms with van der Waals surface area (Å²) in [5.74, 6) is 6.36. The fraction of sp³-hybridized carbons (Fsp3) is 0.167. The smallest absolute Gasteiger partial charge is 0.254 e. The average molecular weight is 367 g/mol. The van der Waals surface area contributed by atoms with Crippen LogP contribution in [0, 0.1) is 11.8 Å². The van der Waals surface area contributed by atoms with Crippen LogP contribution in [0.15, 0.2) is 79.1 Å². The summed E-state index contributed by atoms with van der Waals surface area (Å²) in [6, 6.07) is 21.5. The highest BCUT2D eigenvalue weighted by molar-refractivity contribution is 5.94. The van der Waals surface area contributed by atoms with Gasteiger partial charge in [0.15, 0.2) is 0 Å². The summed E-state index contributed by atoms with van der Waals surface area (Å²) in [6.07, 6.45) is 3.60. The molecule has 0 atom stereocenters. The molecule has 1 amide bonds. The lowest BCUT2D eigenvalue weighted by atomic mass is 10.1. The van der Waals surface area contributed by atoms with E-state index in [1.807, 2.05) is 71.6 Å². The maximum absolute atomic E-state index is 12.9. The number of benzene rings is 2. The van der Waals surface area contributed by atoms with Crippen LogP contribution in [-0.4, -0.2) is 42.0 Å². The molecule has 28 heavy (non-hydrogen) atoms. The Morgan fingerprint density at radius 1 is 0.786 bits per heavy atom. The minimum absolute atomic E-state index is 0.0674. The lowest BCUT2D eigenvalue weighted by molar-refractivity contribution is 0.0746. The molecule has 1 saturated heterocycles. The number of aromatic nitrogens is 1. The second kappa shape index (κ2) is 8.41. The molecule has 1 aliphatic rings. The maximum Gasteiger partial charge on any atom is 0.254 e. The normalized spacial score (nSPS) is 13.6. The molecule has 0 aliphatic carbocycles. The van der Waals surface area contributed by atoms with Crippen LogP contribution in [0.3, 0.4) is 0 Å². The number of carbonyl (C=O) groups excluding carboxylic acids is 1. The number of amides is 1. The molecule has 3 aromatic rings. The number of piperazine rings is 1. The third-order valence-corrected chi connectivity index (χ3v) is 4.83. The van der Waals surface area contributed by atoms with Gasteiger partial charge >= 0.3 is 0 Å². The number of rotatable bonds is 2. The summed E-state index contributed by atoms with van der Waals surface area (Å²) in [7, 11) is 0. The molecule has 4 nitrogen and oxygen atoms in total. The topological polar surface area (TPSA) is 36.4 Å². The Kier molecular flexibility index (Phi) is 5.35. The van der Waals surface area contributed by atoms with Gasteiger partial charge in [0, 0.05) is 61.0 Å². The Bertz CT molecular complexity index is 998. The highest BCUT2D eigenvalue weighted by Crippen LogP contribution is 2.16. The summed E-state index contributed by atoms with van der Waals surface area (Å²) >= 11 is 0. The van der Waals surface area contributed by atoms with Gasteiger partial charge in [-0.2, -0.15) is 0 Å². The van der Waals surface area contributed by atoms with Crippen molar-refractivity contribution in [1.29, 1.82) is 0 Å². The van der Waals surface area contributed by atoms with Crippen molar-refractivity contribution < 1.29 is 4.79 Å². The van der Waals surface area contributed by atoms with Crippen LogP contribution >= 0.6 is 0 Å². The monoisotopic (exact) mass is 367 g/mol. The number of anilines is 1. The lowest BCUT2D eigenvalue weighted by Gasteiger charge is -2.36. The van der Waals surface area contributed by atoms with Gasteiger partial charge in [0.1, 0.15) is 0 Å². The standard InChI is InChI=1S/C24H21N3O/c28-24(27-17-15-26(16-18-27)23-11-13-25-14-12-23)22-8-4-7-21(19-22)10-9-20-5-2-1-3-6-20/h1-8,11-14,19H,15-18H2. The number of pyridine rings is 1. The van der Waals surface area contributed by atoms with E-state index in [9.17, 15) is 4.79 Å². The quantitative estimate of drug-likeness (QED) is 0.651. The molecule has 0 N–H and O–H groups in total. The number of hydrogen-bond acceptors (Lipinski definition) is 3. The van der Waals surface area contributed by atoms with Gasteiger partial charge < -0.3 is 9.80 Å². The van der Waals surface area contributed by atoms with E-state index >= 15 is 0 Å². The van der Waals surface area contributed by atoms with Crippen molar-refractivity contribution in [2.45, 2.75) is 0 Å². The van der Waals surface area contributed by atoms with Crippen molar-refractivity contribution >= 4 is 11.6 Å². The molecule has 0 unspecified atom stereocenters. The number of carbonyl (C=O) groups is 1. The van der Waals surface area contributed by atoms with E-state index in [1.165, 1.54) is 0 Å². The van der Waals surface area contributed by atoms with E-state index in [0.717, 1.165) is 29.9 Å². The summed E-state index contributed by atoms with van der Waals surface area (Å²) in [4.78, 5) is 21.2. The molecule has 2 heterocycles. The van der Waals surface area contributed by atoms with Crippen molar-refractivity contribution in [2.75, 3.05) is 31.1 Å². The average Bonchev–Trinajstić information content (AvgIpc) is 2.79. The molecule has 0 saturated carbocycles. The molecule has 0 radical (unpaired) electrons. The molecule has 4 rings (SSSR count). The fourth-order valence-corrected chi connectivity index (χ4v) is 3.30. The van der Waals surface area contributed by atoms with Gasteiger partial charge in [0.2, 0.25) is 0 Å². The first-order valence-electron chi connectivity index (χ1n) is 9.41. The predicted octanol–water partition coefficient (Wildman–Crippen LogP) is 3.44. The summed E-state index contributed by atoms with van der Waals surface area (Å²) in [5.41, 5.74) is 3.66. The van der Waals surface area contributed by atoms with Crippen molar-refractivity contribution in [2.24, 2.45) is 0 Å². The second-order valence-electron chi connectivity index (χ2n) is 6.68. The van der Waals surface area contributed by atoms with E-state index in [1.54, 1.807) is 12.4 Å². The Balaban J connectivity index is 1.42. The van der Waals surface area contributed by atoms with Crippen molar-refractivity contribution in [3.63, 3.8) is 0 Å². The lowest BCUT2D eigenvalue weighted by Crippen LogP contribution is -2.48. The van der Waals surface area contributed by atoms with Crippen molar-refractivity contribution in [1.82, 2.24) is 9.88 Å².